The third-order valence-electron chi connectivity index (χ3n) is 2.07. The van der Waals surface area contributed by atoms with E-state index in [-0.39, 0.29) is 5.78 Å². The Morgan fingerprint density at radius 3 is 3.08 bits per heavy atom. The molecule has 1 aliphatic rings. The van der Waals surface area contributed by atoms with Crippen LogP contribution in [0.5, 0.6) is 11.5 Å². The van der Waals surface area contributed by atoms with Gasteiger partial charge in [0.05, 0.1) is 19.3 Å². The van der Waals surface area contributed by atoms with Crippen molar-refractivity contribution in [1.82, 2.24) is 0 Å². The van der Waals surface area contributed by atoms with E-state index < -0.39 is 0 Å². The minimum absolute atomic E-state index is 0.125. The van der Waals surface area contributed by atoms with E-state index in [1.807, 2.05) is 0 Å². The second-order valence-electron chi connectivity index (χ2n) is 2.88. The molecule has 0 fully saturated rings. The van der Waals surface area contributed by atoms with Gasteiger partial charge in [-0.3, -0.25) is 4.79 Å². The maximum atomic E-state index is 11.4. The molecule has 1 aliphatic heterocycles. The number of carbonyl (C=O) groups excluding carboxylic acids is 1. The zero-order chi connectivity index (χ0) is 9.26. The van der Waals surface area contributed by atoms with E-state index in [4.69, 9.17) is 9.47 Å². The zero-order valence-electron chi connectivity index (χ0n) is 7.37. The monoisotopic (exact) mass is 178 g/mol. The van der Waals surface area contributed by atoms with Gasteiger partial charge in [-0.15, -0.1) is 0 Å². The van der Waals surface area contributed by atoms with Crippen LogP contribution in [0.1, 0.15) is 16.8 Å². The first-order chi connectivity index (χ1) is 6.31. The smallest absolute Gasteiger partial charge is 0.170 e. The molecule has 1 heterocycles. The number of hydrogen-bond acceptors (Lipinski definition) is 3. The topological polar surface area (TPSA) is 35.5 Å². The lowest BCUT2D eigenvalue weighted by molar-refractivity contribution is 0.0933. The fourth-order valence-electron chi connectivity index (χ4n) is 1.37. The molecule has 13 heavy (non-hydrogen) atoms. The van der Waals surface area contributed by atoms with Crippen LogP contribution in [0.4, 0.5) is 0 Å². The molecule has 1 aromatic rings. The molecule has 0 unspecified atom stereocenters. The number of benzene rings is 1. The van der Waals surface area contributed by atoms with E-state index in [2.05, 4.69) is 0 Å². The molecular formula is C10H10O3. The van der Waals surface area contributed by atoms with Gasteiger partial charge in [-0.25, -0.2) is 0 Å². The molecule has 0 bridgehead atoms. The van der Waals surface area contributed by atoms with Crippen LogP contribution < -0.4 is 9.47 Å². The van der Waals surface area contributed by atoms with E-state index in [1.54, 1.807) is 25.3 Å². The Labute approximate surface area is 76.3 Å². The molecular weight excluding hydrogens is 168 g/mol. The first kappa shape index (κ1) is 8.10. The van der Waals surface area contributed by atoms with Gasteiger partial charge in [-0.1, -0.05) is 0 Å². The third-order valence-corrected chi connectivity index (χ3v) is 2.07. The normalized spacial score (nSPS) is 14.7. The maximum Gasteiger partial charge on any atom is 0.170 e. The SMILES string of the molecule is COc1ccc2c(c1)C(=O)CCO2. The minimum Gasteiger partial charge on any atom is -0.497 e. The van der Waals surface area contributed by atoms with Crippen LogP contribution in [0.15, 0.2) is 18.2 Å². The zero-order valence-corrected chi connectivity index (χ0v) is 7.37. The van der Waals surface area contributed by atoms with Gasteiger partial charge in [-0.2, -0.15) is 0 Å². The molecule has 0 saturated carbocycles. The molecule has 68 valence electrons. The molecule has 3 heteroatoms. The number of hydrogen-bond donors (Lipinski definition) is 0. The lowest BCUT2D eigenvalue weighted by Crippen LogP contribution is -2.15. The molecule has 0 radical (unpaired) electrons. The fourth-order valence-corrected chi connectivity index (χ4v) is 1.37. The average molecular weight is 178 g/mol. The van der Waals surface area contributed by atoms with E-state index in [1.165, 1.54) is 0 Å². The fraction of sp³-hybridized carbons (Fsp3) is 0.300. The Kier molecular flexibility index (Phi) is 1.93. The van der Waals surface area contributed by atoms with E-state index in [9.17, 15) is 4.79 Å². The van der Waals surface area contributed by atoms with Crippen LogP contribution in [0.3, 0.4) is 0 Å². The predicted octanol–water partition coefficient (Wildman–Crippen LogP) is 1.66. The van der Waals surface area contributed by atoms with E-state index in [0.717, 1.165) is 0 Å². The van der Waals surface area contributed by atoms with Crippen molar-refractivity contribution in [1.29, 1.82) is 0 Å². The van der Waals surface area contributed by atoms with Gasteiger partial charge in [0.1, 0.15) is 11.5 Å². The van der Waals surface area contributed by atoms with Crippen molar-refractivity contribution >= 4 is 5.78 Å². The summed E-state index contributed by atoms with van der Waals surface area (Å²) in [6.45, 7) is 0.484. The number of ketones is 1. The quantitative estimate of drug-likeness (QED) is 0.656. The second kappa shape index (κ2) is 3.09. The summed E-state index contributed by atoms with van der Waals surface area (Å²) in [5.74, 6) is 1.48. The van der Waals surface area contributed by atoms with Gasteiger partial charge in [0.15, 0.2) is 5.78 Å². The molecule has 0 N–H and O–H groups in total. The van der Waals surface area contributed by atoms with Crippen LogP contribution in [0.2, 0.25) is 0 Å². The first-order valence-corrected chi connectivity index (χ1v) is 4.15. The summed E-state index contributed by atoms with van der Waals surface area (Å²) in [5, 5.41) is 0. The van der Waals surface area contributed by atoms with Crippen LogP contribution in [0.25, 0.3) is 0 Å². The van der Waals surface area contributed by atoms with Crippen molar-refractivity contribution in [2.75, 3.05) is 13.7 Å². The molecule has 0 atom stereocenters. The summed E-state index contributed by atoms with van der Waals surface area (Å²) in [6, 6.07) is 5.28. The highest BCUT2D eigenvalue weighted by atomic mass is 16.5. The van der Waals surface area contributed by atoms with Crippen molar-refractivity contribution in [2.24, 2.45) is 0 Å². The number of rotatable bonds is 1. The molecule has 1 aromatic carbocycles. The summed E-state index contributed by atoms with van der Waals surface area (Å²) in [4.78, 5) is 11.4. The summed E-state index contributed by atoms with van der Waals surface area (Å²) >= 11 is 0. The number of methoxy groups -OCH3 is 1. The number of ether oxygens (including phenoxy) is 2. The van der Waals surface area contributed by atoms with Gasteiger partial charge < -0.3 is 9.47 Å². The van der Waals surface area contributed by atoms with Gasteiger partial charge in [0.2, 0.25) is 0 Å². The number of fused-ring (bicyclic) bond motifs is 1. The Morgan fingerprint density at radius 2 is 2.31 bits per heavy atom. The summed E-state index contributed by atoms with van der Waals surface area (Å²) in [7, 11) is 1.58. The highest BCUT2D eigenvalue weighted by Gasteiger charge is 2.18. The molecule has 2 rings (SSSR count). The van der Waals surface area contributed by atoms with Crippen molar-refractivity contribution in [2.45, 2.75) is 6.42 Å². The second-order valence-corrected chi connectivity index (χ2v) is 2.88. The average Bonchev–Trinajstić information content (AvgIpc) is 2.18. The Balaban J connectivity index is 2.47. The molecule has 0 saturated heterocycles. The lowest BCUT2D eigenvalue weighted by Gasteiger charge is -2.16. The van der Waals surface area contributed by atoms with Gasteiger partial charge >= 0.3 is 0 Å². The highest BCUT2D eigenvalue weighted by Crippen LogP contribution is 2.28. The van der Waals surface area contributed by atoms with Crippen LogP contribution in [-0.4, -0.2) is 19.5 Å². The van der Waals surface area contributed by atoms with Crippen molar-refractivity contribution in [3.8, 4) is 11.5 Å². The largest absolute Gasteiger partial charge is 0.497 e. The van der Waals surface area contributed by atoms with Crippen LogP contribution >= 0.6 is 0 Å². The molecule has 0 aliphatic carbocycles. The van der Waals surface area contributed by atoms with Crippen LogP contribution in [-0.2, 0) is 0 Å². The van der Waals surface area contributed by atoms with Gasteiger partial charge in [0.25, 0.3) is 0 Å². The molecule has 0 aromatic heterocycles. The van der Waals surface area contributed by atoms with Gasteiger partial charge in [-0.05, 0) is 18.2 Å². The Morgan fingerprint density at radius 1 is 1.46 bits per heavy atom. The van der Waals surface area contributed by atoms with Crippen molar-refractivity contribution in [3.63, 3.8) is 0 Å². The van der Waals surface area contributed by atoms with Crippen LogP contribution in [0, 0.1) is 0 Å². The number of Topliss-reactive ketones (excluding diaryl/α,β-unsaturated/α-hetero) is 1. The van der Waals surface area contributed by atoms with E-state index in [0.29, 0.717) is 30.1 Å². The summed E-state index contributed by atoms with van der Waals surface area (Å²) < 4.78 is 10.3. The maximum absolute atomic E-state index is 11.4. The summed E-state index contributed by atoms with van der Waals surface area (Å²) in [5.41, 5.74) is 0.630. The van der Waals surface area contributed by atoms with Crippen molar-refractivity contribution < 1.29 is 14.3 Å². The number of carbonyl (C=O) groups is 1. The van der Waals surface area contributed by atoms with Crippen molar-refractivity contribution in [3.05, 3.63) is 23.8 Å². The molecule has 0 spiro atoms. The molecule has 0 amide bonds. The molecule has 3 nitrogen and oxygen atoms in total. The Hall–Kier alpha value is -1.51. The standard InChI is InChI=1S/C10H10O3/c1-12-7-2-3-10-8(6-7)9(11)4-5-13-10/h2-3,6H,4-5H2,1H3. The first-order valence-electron chi connectivity index (χ1n) is 4.15. The van der Waals surface area contributed by atoms with E-state index >= 15 is 0 Å². The third kappa shape index (κ3) is 1.37. The highest BCUT2D eigenvalue weighted by molar-refractivity contribution is 5.99. The minimum atomic E-state index is 0.125. The lowest BCUT2D eigenvalue weighted by atomic mass is 10.1. The summed E-state index contributed by atoms with van der Waals surface area (Å²) in [6.07, 6.45) is 0.458. The van der Waals surface area contributed by atoms with Gasteiger partial charge in [0, 0.05) is 6.42 Å². The predicted molar refractivity (Wildman–Crippen MR) is 47.4 cm³/mol. The Bertz CT molecular complexity index is 344.